The molecule has 112 valence electrons. The number of aromatic nitrogens is 1. The van der Waals surface area contributed by atoms with Crippen LogP contribution in [0.25, 0.3) is 0 Å². The number of hydrogen-bond donors (Lipinski definition) is 1. The molecule has 0 saturated heterocycles. The van der Waals surface area contributed by atoms with E-state index in [9.17, 15) is 9.90 Å². The van der Waals surface area contributed by atoms with Gasteiger partial charge in [-0.05, 0) is 24.3 Å². The fraction of sp³-hybridized carbons (Fsp3) is 0.0526. The molecule has 1 unspecified atom stereocenters. The van der Waals surface area contributed by atoms with Gasteiger partial charge in [-0.1, -0.05) is 42.5 Å². The average Bonchev–Trinajstić information content (AvgIpc) is 2.86. The molecule has 4 rings (SSSR count). The standard InChI is InChI=1S/C19H14N2O2/c22-18-16-10-4-5-11-17(16)19(23,14-7-6-12-20-13-14)21(18)15-8-2-1-3-9-15/h1-13,23H. The third-order valence-corrected chi connectivity index (χ3v) is 4.14. The van der Waals surface area contributed by atoms with Crippen LogP contribution in [0.4, 0.5) is 5.69 Å². The third kappa shape index (κ3) is 1.89. The minimum atomic E-state index is -1.57. The van der Waals surface area contributed by atoms with Crippen LogP contribution in [0.1, 0.15) is 21.5 Å². The maximum absolute atomic E-state index is 12.9. The summed E-state index contributed by atoms with van der Waals surface area (Å²) in [5.74, 6) is -0.224. The van der Waals surface area contributed by atoms with Gasteiger partial charge in [0.05, 0.1) is 0 Å². The molecule has 0 aliphatic carbocycles. The van der Waals surface area contributed by atoms with Crippen molar-refractivity contribution >= 4 is 11.6 Å². The number of pyridine rings is 1. The lowest BCUT2D eigenvalue weighted by Crippen LogP contribution is -2.45. The zero-order chi connectivity index (χ0) is 15.9. The van der Waals surface area contributed by atoms with Gasteiger partial charge in [0.2, 0.25) is 0 Å². The van der Waals surface area contributed by atoms with E-state index in [-0.39, 0.29) is 5.91 Å². The Morgan fingerprint density at radius 1 is 0.913 bits per heavy atom. The second kappa shape index (κ2) is 5.04. The van der Waals surface area contributed by atoms with Crippen molar-refractivity contribution in [1.29, 1.82) is 0 Å². The number of fused-ring (bicyclic) bond motifs is 1. The molecular formula is C19H14N2O2. The van der Waals surface area contributed by atoms with E-state index in [4.69, 9.17) is 0 Å². The highest BCUT2D eigenvalue weighted by Crippen LogP contribution is 2.44. The van der Waals surface area contributed by atoms with E-state index in [1.54, 1.807) is 42.7 Å². The number of amides is 1. The molecule has 0 bridgehead atoms. The number of carbonyl (C=O) groups excluding carboxylic acids is 1. The van der Waals surface area contributed by atoms with Crippen LogP contribution < -0.4 is 4.90 Å². The highest BCUT2D eigenvalue weighted by atomic mass is 16.3. The van der Waals surface area contributed by atoms with Gasteiger partial charge in [-0.25, -0.2) is 0 Å². The Kier molecular flexibility index (Phi) is 2.99. The van der Waals surface area contributed by atoms with Crippen LogP contribution in [-0.4, -0.2) is 16.0 Å². The fourth-order valence-corrected chi connectivity index (χ4v) is 3.10. The summed E-state index contributed by atoms with van der Waals surface area (Å²) in [5, 5.41) is 11.6. The van der Waals surface area contributed by atoms with Crippen LogP contribution in [0.5, 0.6) is 0 Å². The van der Waals surface area contributed by atoms with Crippen LogP contribution in [-0.2, 0) is 5.72 Å². The van der Waals surface area contributed by atoms with Crippen molar-refractivity contribution in [3.8, 4) is 0 Å². The maximum atomic E-state index is 12.9. The number of carbonyl (C=O) groups is 1. The smallest absolute Gasteiger partial charge is 0.261 e. The Bertz CT molecular complexity index is 865. The van der Waals surface area contributed by atoms with E-state index in [0.717, 1.165) is 0 Å². The van der Waals surface area contributed by atoms with Gasteiger partial charge in [0, 0.05) is 34.8 Å². The normalized spacial score (nSPS) is 19.7. The molecule has 1 atom stereocenters. The van der Waals surface area contributed by atoms with E-state index < -0.39 is 5.72 Å². The molecule has 1 aliphatic rings. The Labute approximate surface area is 133 Å². The quantitative estimate of drug-likeness (QED) is 0.792. The summed E-state index contributed by atoms with van der Waals surface area (Å²) in [4.78, 5) is 18.5. The van der Waals surface area contributed by atoms with Gasteiger partial charge >= 0.3 is 0 Å². The molecule has 0 fully saturated rings. The first kappa shape index (κ1) is 13.7. The lowest BCUT2D eigenvalue weighted by molar-refractivity contribution is 0.0701. The van der Waals surface area contributed by atoms with Crippen LogP contribution in [0.2, 0.25) is 0 Å². The number of anilines is 1. The molecule has 0 saturated carbocycles. The van der Waals surface area contributed by atoms with Crippen molar-refractivity contribution in [3.63, 3.8) is 0 Å². The third-order valence-electron chi connectivity index (χ3n) is 4.14. The first-order valence-corrected chi connectivity index (χ1v) is 7.35. The van der Waals surface area contributed by atoms with E-state index >= 15 is 0 Å². The highest BCUT2D eigenvalue weighted by Gasteiger charge is 2.50. The molecule has 2 aromatic carbocycles. The SMILES string of the molecule is O=C1c2ccccc2C(O)(c2cccnc2)N1c1ccccc1. The van der Waals surface area contributed by atoms with Crippen molar-refractivity contribution in [2.75, 3.05) is 4.90 Å². The zero-order valence-electron chi connectivity index (χ0n) is 12.3. The predicted molar refractivity (Wildman–Crippen MR) is 86.9 cm³/mol. The Balaban J connectivity index is 2.01. The summed E-state index contributed by atoms with van der Waals surface area (Å²) in [5.41, 5.74) is 0.704. The van der Waals surface area contributed by atoms with Crippen molar-refractivity contribution in [2.45, 2.75) is 5.72 Å². The summed E-state index contributed by atoms with van der Waals surface area (Å²) in [6.45, 7) is 0. The highest BCUT2D eigenvalue weighted by molar-refractivity contribution is 6.12. The van der Waals surface area contributed by atoms with Crippen LogP contribution in [0, 0.1) is 0 Å². The summed E-state index contributed by atoms with van der Waals surface area (Å²) >= 11 is 0. The van der Waals surface area contributed by atoms with Crippen molar-refractivity contribution in [3.05, 3.63) is 95.8 Å². The molecule has 0 radical (unpaired) electrons. The van der Waals surface area contributed by atoms with Gasteiger partial charge in [0.1, 0.15) is 0 Å². The van der Waals surface area contributed by atoms with Crippen molar-refractivity contribution in [1.82, 2.24) is 4.98 Å². The Morgan fingerprint density at radius 3 is 2.39 bits per heavy atom. The Morgan fingerprint density at radius 2 is 1.65 bits per heavy atom. The first-order valence-electron chi connectivity index (χ1n) is 7.35. The van der Waals surface area contributed by atoms with Gasteiger partial charge in [-0.15, -0.1) is 0 Å². The summed E-state index contributed by atoms with van der Waals surface area (Å²) < 4.78 is 0. The lowest BCUT2D eigenvalue weighted by atomic mass is 9.95. The average molecular weight is 302 g/mol. The number of hydrogen-bond acceptors (Lipinski definition) is 3. The first-order chi connectivity index (χ1) is 11.2. The molecular weight excluding hydrogens is 288 g/mol. The van der Waals surface area contributed by atoms with Crippen molar-refractivity contribution in [2.24, 2.45) is 0 Å². The summed E-state index contributed by atoms with van der Waals surface area (Å²) in [6, 6.07) is 19.9. The molecule has 1 aromatic heterocycles. The van der Waals surface area contributed by atoms with Gasteiger partial charge < -0.3 is 5.11 Å². The summed E-state index contributed by atoms with van der Waals surface area (Å²) in [7, 11) is 0. The van der Waals surface area contributed by atoms with Crippen LogP contribution in [0.3, 0.4) is 0 Å². The topological polar surface area (TPSA) is 53.4 Å². The molecule has 0 spiro atoms. The molecule has 3 aromatic rings. The lowest BCUT2D eigenvalue weighted by Gasteiger charge is -2.34. The second-order valence-corrected chi connectivity index (χ2v) is 5.44. The zero-order valence-corrected chi connectivity index (χ0v) is 12.3. The maximum Gasteiger partial charge on any atom is 0.261 e. The molecule has 23 heavy (non-hydrogen) atoms. The van der Waals surface area contributed by atoms with Crippen LogP contribution >= 0.6 is 0 Å². The van der Waals surface area contributed by atoms with E-state index in [2.05, 4.69) is 4.98 Å². The van der Waals surface area contributed by atoms with E-state index in [1.807, 2.05) is 36.4 Å². The minimum Gasteiger partial charge on any atom is -0.363 e. The number of para-hydroxylation sites is 1. The predicted octanol–water partition coefficient (Wildman–Crippen LogP) is 2.94. The van der Waals surface area contributed by atoms with Gasteiger partial charge in [0.25, 0.3) is 5.91 Å². The molecule has 4 nitrogen and oxygen atoms in total. The molecule has 1 amide bonds. The summed E-state index contributed by atoms with van der Waals surface area (Å²) in [6.07, 6.45) is 3.23. The second-order valence-electron chi connectivity index (χ2n) is 5.44. The number of rotatable bonds is 2. The van der Waals surface area contributed by atoms with Gasteiger partial charge in [-0.3, -0.25) is 14.7 Å². The molecule has 1 aliphatic heterocycles. The monoisotopic (exact) mass is 302 g/mol. The Hall–Kier alpha value is -2.98. The largest absolute Gasteiger partial charge is 0.363 e. The van der Waals surface area contributed by atoms with Crippen LogP contribution in [0.15, 0.2) is 79.1 Å². The molecule has 4 heteroatoms. The van der Waals surface area contributed by atoms with E-state index in [0.29, 0.717) is 22.4 Å². The van der Waals surface area contributed by atoms with Gasteiger partial charge in [0.15, 0.2) is 5.72 Å². The molecule has 2 heterocycles. The fourth-order valence-electron chi connectivity index (χ4n) is 3.10. The number of nitrogens with zero attached hydrogens (tertiary/aromatic N) is 2. The minimum absolute atomic E-state index is 0.224. The van der Waals surface area contributed by atoms with E-state index in [1.165, 1.54) is 4.90 Å². The molecule has 1 N–H and O–H groups in total. The van der Waals surface area contributed by atoms with Gasteiger partial charge in [-0.2, -0.15) is 0 Å². The number of aliphatic hydroxyl groups is 1. The van der Waals surface area contributed by atoms with Crippen molar-refractivity contribution < 1.29 is 9.90 Å². The number of benzene rings is 2.